The lowest BCUT2D eigenvalue weighted by Crippen LogP contribution is -2.13. The van der Waals surface area contributed by atoms with Gasteiger partial charge in [0.05, 0.1) is 15.9 Å². The van der Waals surface area contributed by atoms with E-state index in [1.807, 2.05) is 12.1 Å². The maximum Gasteiger partial charge on any atom is 0.323 e. The summed E-state index contributed by atoms with van der Waals surface area (Å²) in [6.45, 7) is 4.27. The van der Waals surface area contributed by atoms with Gasteiger partial charge in [-0.05, 0) is 48.2 Å². The molecule has 0 fully saturated rings. The second kappa shape index (κ2) is 6.16. The fourth-order valence-corrected chi connectivity index (χ4v) is 3.66. The number of imidazole rings is 1. The molecule has 0 atom stereocenters. The molecule has 0 aliphatic carbocycles. The molecule has 3 aromatic rings. The molecule has 0 aliphatic rings. The third-order valence-corrected chi connectivity index (χ3v) is 5.03. The molecule has 24 heavy (non-hydrogen) atoms. The van der Waals surface area contributed by atoms with Gasteiger partial charge in [0.15, 0.2) is 0 Å². The van der Waals surface area contributed by atoms with Crippen LogP contribution in [-0.2, 0) is 16.4 Å². The molecule has 1 heterocycles. The maximum absolute atomic E-state index is 12.5. The molecule has 0 radical (unpaired) electrons. The summed E-state index contributed by atoms with van der Waals surface area (Å²) in [6.07, 6.45) is 0.949. The minimum Gasteiger partial charge on any atom is -0.306 e. The summed E-state index contributed by atoms with van der Waals surface area (Å²) in [5.41, 5.74) is 2.32. The lowest BCUT2D eigenvalue weighted by Gasteiger charge is -2.10. The summed E-state index contributed by atoms with van der Waals surface area (Å²) in [5.74, 6) is 0.544. The van der Waals surface area contributed by atoms with Crippen molar-refractivity contribution in [2.45, 2.75) is 25.2 Å². The van der Waals surface area contributed by atoms with Crippen LogP contribution in [0.2, 0.25) is 0 Å². The first-order valence-corrected chi connectivity index (χ1v) is 9.15. The van der Waals surface area contributed by atoms with Crippen molar-refractivity contribution in [3.8, 4) is 0 Å². The summed E-state index contributed by atoms with van der Waals surface area (Å²) < 4.78 is 27.6. The van der Waals surface area contributed by atoms with Crippen LogP contribution < -0.4 is 10.4 Å². The number of anilines is 1. The fourth-order valence-electron chi connectivity index (χ4n) is 2.57. The van der Waals surface area contributed by atoms with Gasteiger partial charge in [-0.2, -0.15) is 0 Å². The van der Waals surface area contributed by atoms with Gasteiger partial charge < -0.3 is 9.97 Å². The van der Waals surface area contributed by atoms with E-state index in [0.29, 0.717) is 22.6 Å². The molecule has 2 aromatic carbocycles. The molecule has 0 aliphatic heterocycles. The van der Waals surface area contributed by atoms with Crippen molar-refractivity contribution in [3.05, 3.63) is 58.5 Å². The Labute approximate surface area is 140 Å². The number of nitrogens with one attached hydrogen (secondary N) is 3. The van der Waals surface area contributed by atoms with Gasteiger partial charge in [-0.25, -0.2) is 13.2 Å². The van der Waals surface area contributed by atoms with Gasteiger partial charge in [-0.1, -0.05) is 26.0 Å². The molecular formula is C17H19N3O3S. The van der Waals surface area contributed by atoms with Crippen LogP contribution in [0, 0.1) is 5.92 Å². The minimum absolute atomic E-state index is 0.0940. The van der Waals surface area contributed by atoms with Crippen LogP contribution in [0.3, 0.4) is 0 Å². The Morgan fingerprint density at radius 3 is 2.33 bits per heavy atom. The standard InChI is InChI=1S/C17H19N3O3S/c1-11(2)9-12-3-5-13(6-4-12)20-24(22,23)14-7-8-15-16(10-14)19-17(21)18-15/h3-8,10-11,20H,9H2,1-2H3,(H2,18,19,21). The second-order valence-corrected chi connectivity index (χ2v) is 7.87. The highest BCUT2D eigenvalue weighted by molar-refractivity contribution is 7.92. The number of benzene rings is 2. The number of aromatic amines is 2. The predicted octanol–water partition coefficient (Wildman–Crippen LogP) is 2.86. The topological polar surface area (TPSA) is 94.8 Å². The van der Waals surface area contributed by atoms with Crippen LogP contribution in [0.5, 0.6) is 0 Å². The van der Waals surface area contributed by atoms with Crippen molar-refractivity contribution in [1.82, 2.24) is 9.97 Å². The molecule has 3 N–H and O–H groups in total. The number of rotatable bonds is 5. The van der Waals surface area contributed by atoms with E-state index < -0.39 is 10.0 Å². The Morgan fingerprint density at radius 1 is 1.00 bits per heavy atom. The molecule has 0 spiro atoms. The van der Waals surface area contributed by atoms with Crippen molar-refractivity contribution in [1.29, 1.82) is 0 Å². The van der Waals surface area contributed by atoms with Crippen LogP contribution in [0.25, 0.3) is 11.0 Å². The molecule has 6 nitrogen and oxygen atoms in total. The van der Waals surface area contributed by atoms with Crippen LogP contribution >= 0.6 is 0 Å². The van der Waals surface area contributed by atoms with E-state index in [1.165, 1.54) is 17.7 Å². The molecule has 0 unspecified atom stereocenters. The van der Waals surface area contributed by atoms with Crippen molar-refractivity contribution in [2.75, 3.05) is 4.72 Å². The van der Waals surface area contributed by atoms with Gasteiger partial charge in [0.25, 0.3) is 10.0 Å². The number of H-pyrrole nitrogens is 2. The minimum atomic E-state index is -3.72. The van der Waals surface area contributed by atoms with E-state index in [9.17, 15) is 13.2 Å². The van der Waals surface area contributed by atoms with Crippen molar-refractivity contribution >= 4 is 26.7 Å². The quantitative estimate of drug-likeness (QED) is 0.663. The van der Waals surface area contributed by atoms with Gasteiger partial charge in [0.1, 0.15) is 0 Å². The zero-order valence-electron chi connectivity index (χ0n) is 13.5. The largest absolute Gasteiger partial charge is 0.323 e. The Bertz CT molecular complexity index is 1020. The van der Waals surface area contributed by atoms with E-state index in [0.717, 1.165) is 6.42 Å². The molecule has 3 rings (SSSR count). The molecule has 0 saturated carbocycles. The van der Waals surface area contributed by atoms with Gasteiger partial charge in [-0.15, -0.1) is 0 Å². The summed E-state index contributed by atoms with van der Waals surface area (Å²) >= 11 is 0. The van der Waals surface area contributed by atoms with Crippen LogP contribution in [0.4, 0.5) is 5.69 Å². The van der Waals surface area contributed by atoms with Gasteiger partial charge >= 0.3 is 5.69 Å². The molecule has 7 heteroatoms. The second-order valence-electron chi connectivity index (χ2n) is 6.19. The molecule has 126 valence electrons. The smallest absolute Gasteiger partial charge is 0.306 e. The van der Waals surface area contributed by atoms with Gasteiger partial charge in [-0.3, -0.25) is 4.72 Å². The zero-order chi connectivity index (χ0) is 17.3. The summed E-state index contributed by atoms with van der Waals surface area (Å²) in [6, 6.07) is 11.8. The van der Waals surface area contributed by atoms with Gasteiger partial charge in [0, 0.05) is 5.69 Å². The van der Waals surface area contributed by atoms with Crippen molar-refractivity contribution in [3.63, 3.8) is 0 Å². The van der Waals surface area contributed by atoms with E-state index in [4.69, 9.17) is 0 Å². The third kappa shape index (κ3) is 3.51. The van der Waals surface area contributed by atoms with Gasteiger partial charge in [0.2, 0.25) is 0 Å². The SMILES string of the molecule is CC(C)Cc1ccc(NS(=O)(=O)c2ccc3[nH]c(=O)[nH]c3c2)cc1. The first-order chi connectivity index (χ1) is 11.3. The summed E-state index contributed by atoms with van der Waals surface area (Å²) in [5, 5.41) is 0. The third-order valence-electron chi connectivity index (χ3n) is 3.65. The molecule has 0 saturated heterocycles. The first kappa shape index (κ1) is 16.3. The average molecular weight is 345 g/mol. The first-order valence-electron chi connectivity index (χ1n) is 7.67. The number of hydrogen-bond donors (Lipinski definition) is 3. The van der Waals surface area contributed by atoms with Crippen LogP contribution in [-0.4, -0.2) is 18.4 Å². The van der Waals surface area contributed by atoms with Crippen LogP contribution in [0.15, 0.2) is 52.2 Å². The Kier molecular flexibility index (Phi) is 4.19. The molecule has 0 bridgehead atoms. The Morgan fingerprint density at radius 2 is 1.67 bits per heavy atom. The Balaban J connectivity index is 1.85. The number of aromatic nitrogens is 2. The highest BCUT2D eigenvalue weighted by atomic mass is 32.2. The molecule has 0 amide bonds. The zero-order valence-corrected chi connectivity index (χ0v) is 14.3. The van der Waals surface area contributed by atoms with Crippen LogP contribution in [0.1, 0.15) is 19.4 Å². The predicted molar refractivity (Wildman–Crippen MR) is 94.7 cm³/mol. The molecular weight excluding hydrogens is 326 g/mol. The van der Waals surface area contributed by atoms with Crippen molar-refractivity contribution < 1.29 is 8.42 Å². The van der Waals surface area contributed by atoms with E-state index in [-0.39, 0.29) is 10.6 Å². The normalized spacial score (nSPS) is 12.0. The lowest BCUT2D eigenvalue weighted by molar-refractivity contribution is 0.601. The summed E-state index contributed by atoms with van der Waals surface area (Å²) in [4.78, 5) is 16.5. The van der Waals surface area contributed by atoms with E-state index >= 15 is 0 Å². The van der Waals surface area contributed by atoms with E-state index in [2.05, 4.69) is 28.5 Å². The lowest BCUT2D eigenvalue weighted by atomic mass is 10.0. The number of sulfonamides is 1. The molecule has 1 aromatic heterocycles. The number of fused-ring (bicyclic) bond motifs is 1. The van der Waals surface area contributed by atoms with E-state index in [1.54, 1.807) is 18.2 Å². The highest BCUT2D eigenvalue weighted by Crippen LogP contribution is 2.20. The monoisotopic (exact) mass is 345 g/mol. The maximum atomic E-state index is 12.5. The van der Waals surface area contributed by atoms with Crippen molar-refractivity contribution in [2.24, 2.45) is 5.92 Å². The summed E-state index contributed by atoms with van der Waals surface area (Å²) in [7, 11) is -3.72. The average Bonchev–Trinajstić information content (AvgIpc) is 2.87. The Hall–Kier alpha value is -2.54. The fraction of sp³-hybridized carbons (Fsp3) is 0.235. The number of hydrogen-bond acceptors (Lipinski definition) is 3. The highest BCUT2D eigenvalue weighted by Gasteiger charge is 2.15.